The first-order valence-corrected chi connectivity index (χ1v) is 6.66. The van der Waals surface area contributed by atoms with Crippen LogP contribution in [0.25, 0.3) is 5.65 Å². The number of rotatable bonds is 3. The van der Waals surface area contributed by atoms with Gasteiger partial charge in [0.05, 0.1) is 7.11 Å². The zero-order valence-electron chi connectivity index (χ0n) is 11.9. The van der Waals surface area contributed by atoms with Crippen molar-refractivity contribution in [3.8, 4) is 0 Å². The summed E-state index contributed by atoms with van der Waals surface area (Å²) >= 11 is 0. The molecule has 0 bridgehead atoms. The fourth-order valence-corrected chi connectivity index (χ4v) is 2.33. The molecule has 0 fully saturated rings. The van der Waals surface area contributed by atoms with E-state index in [0.29, 0.717) is 17.6 Å². The Morgan fingerprint density at radius 1 is 1.19 bits per heavy atom. The summed E-state index contributed by atoms with van der Waals surface area (Å²) in [4.78, 5) is 11.7. The van der Waals surface area contributed by atoms with Crippen LogP contribution in [0.15, 0.2) is 42.6 Å². The molecule has 0 N–H and O–H groups in total. The van der Waals surface area contributed by atoms with Crippen LogP contribution in [-0.2, 0) is 11.2 Å². The summed E-state index contributed by atoms with van der Waals surface area (Å²) in [5.74, 6) is 0.389. The van der Waals surface area contributed by atoms with E-state index in [-0.39, 0.29) is 0 Å². The Morgan fingerprint density at radius 3 is 2.76 bits per heavy atom. The van der Waals surface area contributed by atoms with Gasteiger partial charge in [-0.25, -0.2) is 4.79 Å². The molecule has 1 aromatic carbocycles. The monoisotopic (exact) mass is 281 g/mol. The molecule has 5 nitrogen and oxygen atoms in total. The van der Waals surface area contributed by atoms with Gasteiger partial charge in [0.1, 0.15) is 11.4 Å². The first-order chi connectivity index (χ1) is 10.2. The lowest BCUT2D eigenvalue weighted by Crippen LogP contribution is -2.05. The van der Waals surface area contributed by atoms with Crippen molar-refractivity contribution in [2.75, 3.05) is 7.11 Å². The topological polar surface area (TPSA) is 56.5 Å². The lowest BCUT2D eigenvalue weighted by Gasteiger charge is -2.05. The summed E-state index contributed by atoms with van der Waals surface area (Å²) in [6, 6.07) is 11.6. The highest BCUT2D eigenvalue weighted by molar-refractivity contribution is 5.95. The van der Waals surface area contributed by atoms with Crippen molar-refractivity contribution in [2.45, 2.75) is 13.3 Å². The van der Waals surface area contributed by atoms with Gasteiger partial charge >= 0.3 is 5.97 Å². The molecule has 0 aliphatic rings. The van der Waals surface area contributed by atoms with Gasteiger partial charge in [0.2, 0.25) is 0 Å². The van der Waals surface area contributed by atoms with E-state index < -0.39 is 5.97 Å². The second kappa shape index (κ2) is 5.36. The average molecular weight is 281 g/mol. The van der Waals surface area contributed by atoms with Crippen molar-refractivity contribution in [1.29, 1.82) is 0 Å². The van der Waals surface area contributed by atoms with Crippen molar-refractivity contribution < 1.29 is 9.53 Å². The van der Waals surface area contributed by atoms with E-state index in [1.807, 2.05) is 22.7 Å². The normalized spacial score (nSPS) is 10.8. The van der Waals surface area contributed by atoms with E-state index in [9.17, 15) is 4.79 Å². The molecule has 0 saturated heterocycles. The number of methoxy groups -OCH3 is 1. The Labute approximate surface area is 122 Å². The maximum atomic E-state index is 11.7. The number of carbonyl (C=O) groups excluding carboxylic acids is 1. The molecule has 0 aliphatic heterocycles. The lowest BCUT2D eigenvalue weighted by atomic mass is 10.1. The lowest BCUT2D eigenvalue weighted by molar-refractivity contribution is 0.0602. The number of carbonyl (C=O) groups is 1. The van der Waals surface area contributed by atoms with Gasteiger partial charge in [-0.1, -0.05) is 24.3 Å². The molecule has 2 aromatic heterocycles. The highest BCUT2D eigenvalue weighted by atomic mass is 16.5. The summed E-state index contributed by atoms with van der Waals surface area (Å²) in [5.41, 5.74) is 3.34. The SMILES string of the molecule is COC(=O)c1cccn2c(Cc3ccccc3C)nnc12. The van der Waals surface area contributed by atoms with Crippen molar-refractivity contribution in [3.63, 3.8) is 0 Å². The Morgan fingerprint density at radius 2 is 2.00 bits per heavy atom. The van der Waals surface area contributed by atoms with Gasteiger partial charge in [-0.2, -0.15) is 0 Å². The van der Waals surface area contributed by atoms with Gasteiger partial charge in [0.15, 0.2) is 5.65 Å². The van der Waals surface area contributed by atoms with Crippen LogP contribution in [0.1, 0.15) is 27.3 Å². The van der Waals surface area contributed by atoms with Crippen LogP contribution in [0.4, 0.5) is 0 Å². The maximum absolute atomic E-state index is 11.7. The van der Waals surface area contributed by atoms with Crippen LogP contribution in [0.3, 0.4) is 0 Å². The molecule has 0 spiro atoms. The van der Waals surface area contributed by atoms with Crippen molar-refractivity contribution in [2.24, 2.45) is 0 Å². The predicted molar refractivity (Wildman–Crippen MR) is 78.3 cm³/mol. The first-order valence-electron chi connectivity index (χ1n) is 6.66. The second-order valence-electron chi connectivity index (χ2n) is 4.83. The minimum absolute atomic E-state index is 0.407. The zero-order valence-corrected chi connectivity index (χ0v) is 11.9. The molecule has 3 rings (SSSR count). The number of hydrogen-bond acceptors (Lipinski definition) is 4. The van der Waals surface area contributed by atoms with E-state index in [4.69, 9.17) is 4.74 Å². The van der Waals surface area contributed by atoms with E-state index in [0.717, 1.165) is 5.82 Å². The number of esters is 1. The van der Waals surface area contributed by atoms with E-state index in [1.165, 1.54) is 18.2 Å². The molecule has 0 radical (unpaired) electrons. The van der Waals surface area contributed by atoms with Crippen LogP contribution in [0.2, 0.25) is 0 Å². The van der Waals surface area contributed by atoms with Crippen LogP contribution >= 0.6 is 0 Å². The first kappa shape index (κ1) is 13.3. The number of benzene rings is 1. The van der Waals surface area contributed by atoms with E-state index in [2.05, 4.69) is 29.3 Å². The van der Waals surface area contributed by atoms with Crippen LogP contribution in [-0.4, -0.2) is 27.7 Å². The fourth-order valence-electron chi connectivity index (χ4n) is 2.33. The third-order valence-electron chi connectivity index (χ3n) is 3.52. The third kappa shape index (κ3) is 2.38. The summed E-state index contributed by atoms with van der Waals surface area (Å²) in [7, 11) is 1.36. The summed E-state index contributed by atoms with van der Waals surface area (Å²) in [6.07, 6.45) is 2.52. The standard InChI is InChI=1S/C16H15N3O2/c1-11-6-3-4-7-12(11)10-14-17-18-15-13(16(20)21-2)8-5-9-19(14)15/h3-9H,10H2,1-2H3. The van der Waals surface area contributed by atoms with Gasteiger partial charge in [-0.05, 0) is 30.2 Å². The van der Waals surface area contributed by atoms with Crippen LogP contribution < -0.4 is 0 Å². The van der Waals surface area contributed by atoms with Crippen molar-refractivity contribution in [3.05, 3.63) is 65.1 Å². The van der Waals surface area contributed by atoms with Gasteiger partial charge in [0.25, 0.3) is 0 Å². The number of aryl methyl sites for hydroxylation is 1. The molecule has 3 aromatic rings. The van der Waals surface area contributed by atoms with Crippen molar-refractivity contribution in [1.82, 2.24) is 14.6 Å². The number of ether oxygens (including phenoxy) is 1. The molecule has 0 aliphatic carbocycles. The number of fused-ring (bicyclic) bond motifs is 1. The fraction of sp³-hybridized carbons (Fsp3) is 0.188. The predicted octanol–water partition coefficient (Wildman–Crippen LogP) is 2.42. The molecule has 0 saturated carbocycles. The quantitative estimate of drug-likeness (QED) is 0.692. The largest absolute Gasteiger partial charge is 0.465 e. The van der Waals surface area contributed by atoms with Gasteiger partial charge < -0.3 is 4.74 Å². The van der Waals surface area contributed by atoms with E-state index >= 15 is 0 Å². The molecule has 0 unspecified atom stereocenters. The molecule has 5 heteroatoms. The van der Waals surface area contributed by atoms with Crippen LogP contribution in [0, 0.1) is 6.92 Å². The number of aromatic nitrogens is 3. The minimum Gasteiger partial charge on any atom is -0.465 e. The maximum Gasteiger partial charge on any atom is 0.341 e. The molecule has 2 heterocycles. The Hall–Kier alpha value is -2.69. The summed E-state index contributed by atoms with van der Waals surface area (Å²) < 4.78 is 6.60. The molecule has 0 amide bonds. The molecule has 106 valence electrons. The molecular formula is C16H15N3O2. The highest BCUT2D eigenvalue weighted by Crippen LogP contribution is 2.16. The van der Waals surface area contributed by atoms with Gasteiger partial charge in [0, 0.05) is 12.6 Å². The Balaban J connectivity index is 2.05. The second-order valence-corrected chi connectivity index (χ2v) is 4.83. The third-order valence-corrected chi connectivity index (χ3v) is 3.52. The van der Waals surface area contributed by atoms with Crippen LogP contribution in [0.5, 0.6) is 0 Å². The summed E-state index contributed by atoms with van der Waals surface area (Å²) in [5, 5.41) is 8.34. The van der Waals surface area contributed by atoms with E-state index in [1.54, 1.807) is 12.1 Å². The van der Waals surface area contributed by atoms with Gasteiger partial charge in [-0.15, -0.1) is 10.2 Å². The smallest absolute Gasteiger partial charge is 0.341 e. The van der Waals surface area contributed by atoms with Gasteiger partial charge in [-0.3, -0.25) is 4.40 Å². The summed E-state index contributed by atoms with van der Waals surface area (Å²) in [6.45, 7) is 2.07. The number of pyridine rings is 1. The highest BCUT2D eigenvalue weighted by Gasteiger charge is 2.15. The zero-order chi connectivity index (χ0) is 14.8. The Bertz CT molecular complexity index is 808. The minimum atomic E-state index is -0.407. The van der Waals surface area contributed by atoms with Crippen molar-refractivity contribution >= 4 is 11.6 Å². The molecule has 0 atom stereocenters. The number of nitrogens with zero attached hydrogens (tertiary/aromatic N) is 3. The Kier molecular flexibility index (Phi) is 3.39. The average Bonchev–Trinajstić information content (AvgIpc) is 2.92. The number of hydrogen-bond donors (Lipinski definition) is 0. The molecular weight excluding hydrogens is 266 g/mol. The molecule has 21 heavy (non-hydrogen) atoms.